The molecule has 2 fully saturated rings. The van der Waals surface area contributed by atoms with Gasteiger partial charge in [0, 0.05) is 31.7 Å². The summed E-state index contributed by atoms with van der Waals surface area (Å²) in [5, 5.41) is 3.78. The van der Waals surface area contributed by atoms with Gasteiger partial charge in [-0.1, -0.05) is 31.4 Å². The van der Waals surface area contributed by atoms with Gasteiger partial charge in [0.05, 0.1) is 0 Å². The first-order chi connectivity index (χ1) is 7.35. The molecule has 0 aromatic rings. The average molecular weight is 208 g/mol. The Morgan fingerprint density at radius 2 is 2.07 bits per heavy atom. The predicted molar refractivity (Wildman–Crippen MR) is 65.1 cm³/mol. The van der Waals surface area contributed by atoms with E-state index in [1.807, 2.05) is 0 Å². The van der Waals surface area contributed by atoms with Gasteiger partial charge in [-0.05, 0) is 19.8 Å². The summed E-state index contributed by atoms with van der Waals surface area (Å²) in [6.07, 6.45) is 11.5. The van der Waals surface area contributed by atoms with E-state index in [4.69, 9.17) is 0 Å². The van der Waals surface area contributed by atoms with Gasteiger partial charge in [0.2, 0.25) is 0 Å². The third-order valence-corrected chi connectivity index (χ3v) is 3.86. The molecule has 0 bridgehead atoms. The maximum atomic E-state index is 3.78. The molecular formula is C13H24N2. The zero-order chi connectivity index (χ0) is 10.6. The Balaban J connectivity index is 1.90. The topological polar surface area (TPSA) is 15.3 Å². The summed E-state index contributed by atoms with van der Waals surface area (Å²) in [5.74, 6) is 0. The smallest absolute Gasteiger partial charge is 0.0309 e. The number of allylic oxidation sites excluding steroid dienone is 1. The van der Waals surface area contributed by atoms with Crippen LogP contribution in [-0.4, -0.2) is 36.6 Å². The molecule has 2 rings (SSSR count). The van der Waals surface area contributed by atoms with Gasteiger partial charge in [-0.3, -0.25) is 4.90 Å². The van der Waals surface area contributed by atoms with Crippen molar-refractivity contribution in [1.82, 2.24) is 10.2 Å². The average Bonchev–Trinajstić information content (AvgIpc) is 2.28. The fourth-order valence-corrected chi connectivity index (χ4v) is 3.02. The molecule has 1 spiro atoms. The first-order valence-corrected chi connectivity index (χ1v) is 6.43. The molecule has 1 saturated carbocycles. The maximum Gasteiger partial charge on any atom is 0.0309 e. The van der Waals surface area contributed by atoms with Crippen LogP contribution in [0.15, 0.2) is 12.2 Å². The summed E-state index contributed by atoms with van der Waals surface area (Å²) in [6, 6.07) is 0. The van der Waals surface area contributed by atoms with Crippen LogP contribution in [0, 0.1) is 0 Å². The molecule has 15 heavy (non-hydrogen) atoms. The van der Waals surface area contributed by atoms with Gasteiger partial charge < -0.3 is 5.32 Å². The molecular weight excluding hydrogens is 184 g/mol. The lowest BCUT2D eigenvalue weighted by Crippen LogP contribution is -2.61. The lowest BCUT2D eigenvalue weighted by Gasteiger charge is -2.46. The summed E-state index contributed by atoms with van der Waals surface area (Å²) < 4.78 is 0. The molecule has 0 atom stereocenters. The van der Waals surface area contributed by atoms with Gasteiger partial charge in [-0.25, -0.2) is 0 Å². The molecule has 0 radical (unpaired) electrons. The molecule has 2 nitrogen and oxygen atoms in total. The molecule has 0 aromatic heterocycles. The van der Waals surface area contributed by atoms with Crippen molar-refractivity contribution >= 4 is 0 Å². The quantitative estimate of drug-likeness (QED) is 0.700. The third kappa shape index (κ3) is 2.82. The molecule has 86 valence electrons. The van der Waals surface area contributed by atoms with Crippen molar-refractivity contribution in [3.05, 3.63) is 12.2 Å². The van der Waals surface area contributed by atoms with Crippen LogP contribution < -0.4 is 5.32 Å². The van der Waals surface area contributed by atoms with Crippen molar-refractivity contribution in [2.45, 2.75) is 44.6 Å². The van der Waals surface area contributed by atoms with Gasteiger partial charge >= 0.3 is 0 Å². The van der Waals surface area contributed by atoms with Crippen molar-refractivity contribution in [3.63, 3.8) is 0 Å². The van der Waals surface area contributed by atoms with Crippen LogP contribution in [0.25, 0.3) is 0 Å². The van der Waals surface area contributed by atoms with Crippen molar-refractivity contribution < 1.29 is 0 Å². The van der Waals surface area contributed by atoms with Crippen LogP contribution in [0.1, 0.15) is 39.0 Å². The molecule has 1 N–H and O–H groups in total. The minimum absolute atomic E-state index is 0.470. The summed E-state index contributed by atoms with van der Waals surface area (Å²) in [4.78, 5) is 2.60. The van der Waals surface area contributed by atoms with Crippen molar-refractivity contribution in [3.8, 4) is 0 Å². The third-order valence-electron chi connectivity index (χ3n) is 3.86. The highest BCUT2D eigenvalue weighted by Crippen LogP contribution is 2.30. The number of piperazine rings is 1. The van der Waals surface area contributed by atoms with Crippen LogP contribution in [0.5, 0.6) is 0 Å². The Hall–Kier alpha value is -0.340. The summed E-state index contributed by atoms with van der Waals surface area (Å²) in [7, 11) is 0. The summed E-state index contributed by atoms with van der Waals surface area (Å²) in [6.45, 7) is 6.90. The van der Waals surface area contributed by atoms with Gasteiger partial charge in [-0.15, -0.1) is 0 Å². The predicted octanol–water partition coefficient (Wildman–Crippen LogP) is 2.17. The van der Waals surface area contributed by atoms with Crippen LogP contribution in [0.4, 0.5) is 0 Å². The van der Waals surface area contributed by atoms with E-state index in [-0.39, 0.29) is 0 Å². The fraction of sp³-hybridized carbons (Fsp3) is 0.846. The highest BCUT2D eigenvalue weighted by Gasteiger charge is 2.35. The summed E-state index contributed by atoms with van der Waals surface area (Å²) in [5.41, 5.74) is 0.470. The Morgan fingerprint density at radius 1 is 1.27 bits per heavy atom. The molecule has 0 aromatic carbocycles. The molecule has 1 heterocycles. The highest BCUT2D eigenvalue weighted by molar-refractivity contribution is 4.98. The minimum atomic E-state index is 0.470. The van der Waals surface area contributed by atoms with Crippen molar-refractivity contribution in [2.75, 3.05) is 26.2 Å². The molecule has 1 aliphatic heterocycles. The SMILES string of the molecule is C/C=C/CN1CCNC2(CCCCC2)C1. The molecule has 2 aliphatic rings. The van der Waals surface area contributed by atoms with E-state index < -0.39 is 0 Å². The molecule has 1 saturated heterocycles. The van der Waals surface area contributed by atoms with E-state index in [0.717, 1.165) is 6.54 Å². The normalized spacial score (nSPS) is 27.5. The monoisotopic (exact) mass is 208 g/mol. The lowest BCUT2D eigenvalue weighted by molar-refractivity contribution is 0.108. The molecule has 1 aliphatic carbocycles. The van der Waals surface area contributed by atoms with E-state index in [2.05, 4.69) is 29.3 Å². The van der Waals surface area contributed by atoms with Crippen LogP contribution in [0.2, 0.25) is 0 Å². The first kappa shape index (κ1) is 11.2. The molecule has 2 heteroatoms. The number of rotatable bonds is 2. The first-order valence-electron chi connectivity index (χ1n) is 6.43. The van der Waals surface area contributed by atoms with E-state index >= 15 is 0 Å². The maximum absolute atomic E-state index is 3.78. The molecule has 0 unspecified atom stereocenters. The number of nitrogens with one attached hydrogen (secondary N) is 1. The van der Waals surface area contributed by atoms with Crippen molar-refractivity contribution in [2.24, 2.45) is 0 Å². The lowest BCUT2D eigenvalue weighted by atomic mass is 9.80. The Bertz CT molecular complexity index is 211. The van der Waals surface area contributed by atoms with E-state index in [1.54, 1.807) is 0 Å². The molecule has 0 amide bonds. The Morgan fingerprint density at radius 3 is 2.80 bits per heavy atom. The second kappa shape index (κ2) is 5.13. The van der Waals surface area contributed by atoms with Crippen LogP contribution in [0.3, 0.4) is 0 Å². The summed E-state index contributed by atoms with van der Waals surface area (Å²) >= 11 is 0. The van der Waals surface area contributed by atoms with E-state index in [1.165, 1.54) is 51.7 Å². The standard InChI is InChI=1S/C13H24N2/c1-2-3-10-15-11-9-14-13(12-15)7-5-4-6-8-13/h2-3,14H,4-12H2,1H3/b3-2+. The van der Waals surface area contributed by atoms with E-state index in [0.29, 0.717) is 5.54 Å². The van der Waals surface area contributed by atoms with Gasteiger partial charge in [0.1, 0.15) is 0 Å². The van der Waals surface area contributed by atoms with Crippen LogP contribution in [-0.2, 0) is 0 Å². The van der Waals surface area contributed by atoms with Gasteiger partial charge in [0.25, 0.3) is 0 Å². The fourth-order valence-electron chi connectivity index (χ4n) is 3.02. The van der Waals surface area contributed by atoms with Crippen molar-refractivity contribution in [1.29, 1.82) is 0 Å². The second-order valence-electron chi connectivity index (χ2n) is 5.07. The minimum Gasteiger partial charge on any atom is -0.309 e. The zero-order valence-corrected chi connectivity index (χ0v) is 9.97. The number of nitrogens with zero attached hydrogens (tertiary/aromatic N) is 1. The second-order valence-corrected chi connectivity index (χ2v) is 5.07. The van der Waals surface area contributed by atoms with Gasteiger partial charge in [0.15, 0.2) is 0 Å². The van der Waals surface area contributed by atoms with E-state index in [9.17, 15) is 0 Å². The van der Waals surface area contributed by atoms with Gasteiger partial charge in [-0.2, -0.15) is 0 Å². The Kier molecular flexibility index (Phi) is 3.81. The highest BCUT2D eigenvalue weighted by atomic mass is 15.2. The number of hydrogen-bond acceptors (Lipinski definition) is 2. The zero-order valence-electron chi connectivity index (χ0n) is 9.97. The van der Waals surface area contributed by atoms with Crippen LogP contribution >= 0.6 is 0 Å². The largest absolute Gasteiger partial charge is 0.309 e. The number of hydrogen-bond donors (Lipinski definition) is 1. The Labute approximate surface area is 93.7 Å².